The molecule has 0 aliphatic carbocycles. The number of benzene rings is 1. The number of carbonyl (C=O) groups excluding carboxylic acids is 1. The van der Waals surface area contributed by atoms with Crippen LogP contribution in [-0.4, -0.2) is 16.4 Å². The van der Waals surface area contributed by atoms with Gasteiger partial charge in [-0.15, -0.1) is 0 Å². The molecule has 6 nitrogen and oxygen atoms in total. The number of hydrogen-bond donors (Lipinski definition) is 1. The van der Waals surface area contributed by atoms with Crippen LogP contribution in [0.1, 0.15) is 37.0 Å². The number of hydrogen-bond acceptors (Lipinski definition) is 4. The summed E-state index contributed by atoms with van der Waals surface area (Å²) in [6.07, 6.45) is 0.452. The molecule has 0 spiro atoms. The first-order chi connectivity index (χ1) is 9.81. The summed E-state index contributed by atoms with van der Waals surface area (Å²) in [5.41, 5.74) is -3.34. The Labute approximate surface area is 119 Å². The van der Waals surface area contributed by atoms with Crippen molar-refractivity contribution in [1.29, 1.82) is 5.26 Å². The fraction of sp³-hybridized carbons (Fsp3) is 0.385. The zero-order chi connectivity index (χ0) is 16.2. The lowest BCUT2D eigenvalue weighted by molar-refractivity contribution is -0.387. The average molecular weight is 297 g/mol. The van der Waals surface area contributed by atoms with Gasteiger partial charge in [-0.1, -0.05) is 13.8 Å². The summed E-state index contributed by atoms with van der Waals surface area (Å²) < 4.78 is 27.5. The van der Waals surface area contributed by atoms with Crippen LogP contribution in [0, 0.1) is 33.1 Å². The molecule has 1 aromatic carbocycles. The van der Waals surface area contributed by atoms with Crippen molar-refractivity contribution < 1.29 is 18.5 Å². The summed E-state index contributed by atoms with van der Waals surface area (Å²) in [5.74, 6) is -3.98. The van der Waals surface area contributed by atoms with Gasteiger partial charge in [-0.05, 0) is 18.9 Å². The van der Waals surface area contributed by atoms with Gasteiger partial charge in [-0.2, -0.15) is 9.65 Å². The molecular weight excluding hydrogens is 284 g/mol. The molecule has 8 heteroatoms. The van der Waals surface area contributed by atoms with Crippen LogP contribution < -0.4 is 5.32 Å². The van der Waals surface area contributed by atoms with Crippen LogP contribution in [0.3, 0.4) is 0 Å². The maximum absolute atomic E-state index is 13.9. The number of amides is 1. The highest BCUT2D eigenvalue weighted by molar-refractivity contribution is 5.96. The van der Waals surface area contributed by atoms with E-state index in [-0.39, 0.29) is 12.8 Å². The summed E-state index contributed by atoms with van der Waals surface area (Å²) in [6, 6.07) is 3.16. The van der Waals surface area contributed by atoms with E-state index in [4.69, 9.17) is 5.26 Å². The molecule has 1 rings (SSSR count). The van der Waals surface area contributed by atoms with Crippen molar-refractivity contribution >= 4 is 11.6 Å². The standard InChI is InChI=1S/C13H13F2N3O3/c1-3-13(4-2,7-16)17-12(19)10-8(14)5-6-9(11(10)15)18(20)21/h5-6H,3-4H2,1-2H3,(H,17,19). The van der Waals surface area contributed by atoms with Gasteiger partial charge >= 0.3 is 5.69 Å². The zero-order valence-electron chi connectivity index (χ0n) is 11.4. The highest BCUT2D eigenvalue weighted by Crippen LogP contribution is 2.24. The maximum atomic E-state index is 13.9. The lowest BCUT2D eigenvalue weighted by Crippen LogP contribution is -2.47. The molecule has 112 valence electrons. The zero-order valence-corrected chi connectivity index (χ0v) is 11.4. The number of carbonyl (C=O) groups is 1. The summed E-state index contributed by atoms with van der Waals surface area (Å²) in [5, 5.41) is 22.0. The SMILES string of the molecule is CCC(C#N)(CC)NC(=O)c1c(F)ccc([N+](=O)[O-])c1F. The Bertz CT molecular complexity index is 622. The molecular formula is C13H13F2N3O3. The molecule has 1 aromatic rings. The molecule has 0 fully saturated rings. The van der Waals surface area contributed by atoms with Crippen molar-refractivity contribution in [3.63, 3.8) is 0 Å². The van der Waals surface area contributed by atoms with Gasteiger partial charge in [0.2, 0.25) is 5.82 Å². The van der Waals surface area contributed by atoms with E-state index in [1.165, 1.54) is 0 Å². The number of nitriles is 1. The van der Waals surface area contributed by atoms with Crippen molar-refractivity contribution in [2.75, 3.05) is 0 Å². The van der Waals surface area contributed by atoms with E-state index in [0.29, 0.717) is 12.1 Å². The van der Waals surface area contributed by atoms with Gasteiger partial charge in [0.05, 0.1) is 11.0 Å². The number of rotatable bonds is 5. The van der Waals surface area contributed by atoms with Crippen LogP contribution in [0.2, 0.25) is 0 Å². The third-order valence-corrected chi connectivity index (χ3v) is 3.27. The molecule has 21 heavy (non-hydrogen) atoms. The Kier molecular flexibility index (Phi) is 4.92. The van der Waals surface area contributed by atoms with E-state index in [9.17, 15) is 23.7 Å². The molecule has 0 aliphatic rings. The molecule has 1 N–H and O–H groups in total. The Hall–Kier alpha value is -2.56. The van der Waals surface area contributed by atoms with Gasteiger partial charge in [0.25, 0.3) is 5.91 Å². The summed E-state index contributed by atoms with van der Waals surface area (Å²) in [4.78, 5) is 21.6. The fourth-order valence-electron chi connectivity index (χ4n) is 1.78. The van der Waals surface area contributed by atoms with Crippen molar-refractivity contribution in [2.45, 2.75) is 32.2 Å². The minimum atomic E-state index is -1.56. The molecule has 0 unspecified atom stereocenters. The second-order valence-electron chi connectivity index (χ2n) is 4.37. The van der Waals surface area contributed by atoms with Gasteiger partial charge in [0.1, 0.15) is 16.9 Å². The van der Waals surface area contributed by atoms with Crippen LogP contribution in [0.25, 0.3) is 0 Å². The Morgan fingerprint density at radius 1 is 1.43 bits per heavy atom. The topological polar surface area (TPSA) is 96.0 Å². The minimum Gasteiger partial charge on any atom is -0.334 e. The third kappa shape index (κ3) is 3.13. The molecule has 0 radical (unpaired) electrons. The van der Waals surface area contributed by atoms with E-state index in [2.05, 4.69) is 5.32 Å². The Morgan fingerprint density at radius 3 is 2.43 bits per heavy atom. The number of nitro benzene ring substituents is 1. The molecule has 1 amide bonds. The fourth-order valence-corrected chi connectivity index (χ4v) is 1.78. The number of nitrogens with zero attached hydrogens (tertiary/aromatic N) is 2. The Balaban J connectivity index is 3.29. The first kappa shape index (κ1) is 16.5. The highest BCUT2D eigenvalue weighted by Gasteiger charge is 2.32. The predicted molar refractivity (Wildman–Crippen MR) is 69.4 cm³/mol. The first-order valence-electron chi connectivity index (χ1n) is 6.18. The molecule has 0 aliphatic heterocycles. The van der Waals surface area contributed by atoms with Crippen molar-refractivity contribution in [3.05, 3.63) is 39.4 Å². The lowest BCUT2D eigenvalue weighted by atomic mass is 9.94. The molecule has 0 aromatic heterocycles. The van der Waals surface area contributed by atoms with Gasteiger partial charge in [0, 0.05) is 6.07 Å². The normalized spacial score (nSPS) is 10.8. The van der Waals surface area contributed by atoms with E-state index in [1.807, 2.05) is 6.07 Å². The van der Waals surface area contributed by atoms with Gasteiger partial charge < -0.3 is 5.32 Å². The van der Waals surface area contributed by atoms with Crippen molar-refractivity contribution in [2.24, 2.45) is 0 Å². The molecule has 0 saturated carbocycles. The monoisotopic (exact) mass is 297 g/mol. The van der Waals surface area contributed by atoms with Gasteiger partial charge in [-0.25, -0.2) is 4.39 Å². The smallest absolute Gasteiger partial charge is 0.305 e. The highest BCUT2D eigenvalue weighted by atomic mass is 19.1. The Morgan fingerprint density at radius 2 is 2.00 bits per heavy atom. The van der Waals surface area contributed by atoms with Crippen LogP contribution >= 0.6 is 0 Å². The third-order valence-electron chi connectivity index (χ3n) is 3.27. The molecule has 0 saturated heterocycles. The second-order valence-corrected chi connectivity index (χ2v) is 4.37. The van der Waals surface area contributed by atoms with Crippen LogP contribution in [0.15, 0.2) is 12.1 Å². The number of nitro groups is 1. The predicted octanol–water partition coefficient (Wildman–Crippen LogP) is 2.69. The van der Waals surface area contributed by atoms with Crippen LogP contribution in [-0.2, 0) is 0 Å². The van der Waals surface area contributed by atoms with Crippen LogP contribution in [0.4, 0.5) is 14.5 Å². The second kappa shape index (κ2) is 6.26. The van der Waals surface area contributed by atoms with Crippen molar-refractivity contribution in [3.8, 4) is 6.07 Å². The first-order valence-corrected chi connectivity index (χ1v) is 6.18. The summed E-state index contributed by atoms with van der Waals surface area (Å²) in [6.45, 7) is 3.26. The van der Waals surface area contributed by atoms with Gasteiger partial charge in [0.15, 0.2) is 0 Å². The summed E-state index contributed by atoms with van der Waals surface area (Å²) in [7, 11) is 0. The van der Waals surface area contributed by atoms with E-state index < -0.39 is 39.3 Å². The number of nitrogens with one attached hydrogen (secondary N) is 1. The lowest BCUT2D eigenvalue weighted by Gasteiger charge is -2.25. The average Bonchev–Trinajstić information content (AvgIpc) is 2.44. The van der Waals surface area contributed by atoms with E-state index in [1.54, 1.807) is 13.8 Å². The van der Waals surface area contributed by atoms with Crippen LogP contribution in [0.5, 0.6) is 0 Å². The quantitative estimate of drug-likeness (QED) is 0.667. The maximum Gasteiger partial charge on any atom is 0.305 e. The molecule has 0 atom stereocenters. The van der Waals surface area contributed by atoms with Gasteiger partial charge in [-0.3, -0.25) is 14.9 Å². The van der Waals surface area contributed by atoms with E-state index in [0.717, 1.165) is 0 Å². The number of halogens is 2. The molecule has 0 heterocycles. The minimum absolute atomic E-state index is 0.226. The largest absolute Gasteiger partial charge is 0.334 e. The summed E-state index contributed by atoms with van der Waals surface area (Å²) >= 11 is 0. The van der Waals surface area contributed by atoms with E-state index >= 15 is 0 Å². The molecule has 0 bridgehead atoms. The van der Waals surface area contributed by atoms with Crippen molar-refractivity contribution in [1.82, 2.24) is 5.32 Å².